The van der Waals surface area contributed by atoms with Crippen molar-refractivity contribution >= 4 is 41.1 Å². The van der Waals surface area contributed by atoms with Crippen molar-refractivity contribution in [3.63, 3.8) is 0 Å². The van der Waals surface area contributed by atoms with Crippen molar-refractivity contribution in [2.24, 2.45) is 0 Å². The van der Waals surface area contributed by atoms with Gasteiger partial charge in [-0.2, -0.15) is 0 Å². The Hall–Kier alpha value is -0.680. The number of halogens is 1. The summed E-state index contributed by atoms with van der Waals surface area (Å²) >= 11 is 5.52. The van der Waals surface area contributed by atoms with Crippen LogP contribution in [0.5, 0.6) is 0 Å². The van der Waals surface area contributed by atoms with Crippen LogP contribution in [0.2, 0.25) is 0 Å². The van der Waals surface area contributed by atoms with E-state index in [0.717, 1.165) is 26.8 Å². The van der Waals surface area contributed by atoms with E-state index in [1.54, 1.807) is 12.2 Å². The van der Waals surface area contributed by atoms with Gasteiger partial charge in [-0.05, 0) is 27.2 Å². The summed E-state index contributed by atoms with van der Waals surface area (Å²) in [6, 6.07) is 0. The van der Waals surface area contributed by atoms with Gasteiger partial charge in [0.1, 0.15) is 9.46 Å². The first-order chi connectivity index (χ1) is 11.6. The molecule has 0 aromatic carbocycles. The van der Waals surface area contributed by atoms with E-state index < -0.39 is 54.2 Å². The topological polar surface area (TPSA) is 123 Å². The lowest BCUT2D eigenvalue weighted by molar-refractivity contribution is 0.167. The zero-order chi connectivity index (χ0) is 20.6. The molecule has 7 nitrogen and oxygen atoms in total. The van der Waals surface area contributed by atoms with Crippen LogP contribution in [0.25, 0.3) is 0 Å². The van der Waals surface area contributed by atoms with E-state index in [4.69, 9.17) is 11.6 Å². The highest BCUT2D eigenvalue weighted by atomic mass is 35.5. The molecule has 0 aromatic heterocycles. The van der Waals surface area contributed by atoms with Gasteiger partial charge in [0, 0.05) is 0 Å². The molecule has 4 unspecified atom stereocenters. The van der Waals surface area contributed by atoms with E-state index in [-0.39, 0.29) is 6.42 Å². The van der Waals surface area contributed by atoms with Gasteiger partial charge < -0.3 is 5.11 Å². The molecule has 1 aliphatic carbocycles. The quantitative estimate of drug-likeness (QED) is 0.440. The number of sulfone groups is 3. The molecule has 1 aliphatic rings. The van der Waals surface area contributed by atoms with Crippen LogP contribution in [0.15, 0.2) is 37.0 Å². The molecular weight excluding hydrogens is 424 g/mol. The van der Waals surface area contributed by atoms with Gasteiger partial charge in [-0.25, -0.2) is 25.3 Å². The third kappa shape index (κ3) is 3.94. The van der Waals surface area contributed by atoms with Gasteiger partial charge in [0.05, 0.1) is 5.75 Å². The Balaban J connectivity index is 3.41. The molecule has 26 heavy (non-hydrogen) atoms. The molecule has 0 radical (unpaired) electrons. The van der Waals surface area contributed by atoms with Crippen molar-refractivity contribution in [1.82, 2.24) is 0 Å². The van der Waals surface area contributed by atoms with Gasteiger partial charge in [-0.1, -0.05) is 30.4 Å². The Labute approximate surface area is 160 Å². The first-order valence-electron chi connectivity index (χ1n) is 7.60. The average Bonchev–Trinajstić information content (AvgIpc) is 2.53. The molecule has 0 saturated carbocycles. The minimum absolute atomic E-state index is 0.0195. The van der Waals surface area contributed by atoms with Crippen molar-refractivity contribution in [2.75, 3.05) is 5.75 Å². The van der Waals surface area contributed by atoms with Crippen LogP contribution in [0, 0.1) is 0 Å². The number of alkyl halides is 1. The van der Waals surface area contributed by atoms with Crippen molar-refractivity contribution < 1.29 is 30.4 Å². The highest BCUT2D eigenvalue weighted by Gasteiger charge is 2.54. The van der Waals surface area contributed by atoms with Crippen molar-refractivity contribution in [2.45, 2.75) is 46.2 Å². The fourth-order valence-electron chi connectivity index (χ4n) is 2.50. The standard InChI is InChI=1S/C15H23ClO7S3/c1-5-15(9-7-6-8-10-15)26(22,23)13(3)25(20,21)14(4,17)11-24(18,19)12(2)16/h5-9,12-13,17H,1,10-11H2,2-4H3. The summed E-state index contributed by atoms with van der Waals surface area (Å²) in [6.07, 6.45) is 7.04. The second-order valence-corrected chi connectivity index (χ2v) is 15.1. The smallest absolute Gasteiger partial charge is 0.197 e. The van der Waals surface area contributed by atoms with E-state index in [2.05, 4.69) is 6.58 Å². The van der Waals surface area contributed by atoms with Gasteiger partial charge in [-0.15, -0.1) is 18.2 Å². The largest absolute Gasteiger partial charge is 0.374 e. The maximum Gasteiger partial charge on any atom is 0.197 e. The van der Waals surface area contributed by atoms with Crippen LogP contribution in [-0.4, -0.2) is 55.1 Å². The maximum atomic E-state index is 13.0. The Bertz CT molecular complexity index is 926. The number of hydrogen-bond acceptors (Lipinski definition) is 7. The molecule has 0 aliphatic heterocycles. The predicted octanol–water partition coefficient (Wildman–Crippen LogP) is 1.31. The normalized spacial score (nSPS) is 26.0. The number of aliphatic hydroxyl groups is 1. The molecule has 0 bridgehead atoms. The molecule has 0 saturated heterocycles. The molecule has 0 amide bonds. The van der Waals surface area contributed by atoms with Crippen LogP contribution in [0.1, 0.15) is 27.2 Å². The summed E-state index contributed by atoms with van der Waals surface area (Å²) in [5, 5.41) is 10.4. The summed E-state index contributed by atoms with van der Waals surface area (Å²) in [6.45, 7) is 6.28. The van der Waals surface area contributed by atoms with E-state index in [1.165, 1.54) is 12.2 Å². The van der Waals surface area contributed by atoms with E-state index >= 15 is 0 Å². The number of hydrogen-bond donors (Lipinski definition) is 1. The predicted molar refractivity (Wildman–Crippen MR) is 103 cm³/mol. The van der Waals surface area contributed by atoms with Gasteiger partial charge in [0.2, 0.25) is 0 Å². The molecule has 150 valence electrons. The Morgan fingerprint density at radius 3 is 2.15 bits per heavy atom. The van der Waals surface area contributed by atoms with Gasteiger partial charge in [0.15, 0.2) is 39.0 Å². The maximum absolute atomic E-state index is 13.0. The Kier molecular flexibility index (Phi) is 6.63. The van der Waals surface area contributed by atoms with Crippen LogP contribution < -0.4 is 0 Å². The Morgan fingerprint density at radius 1 is 1.23 bits per heavy atom. The molecule has 11 heteroatoms. The second kappa shape index (κ2) is 7.38. The Morgan fingerprint density at radius 2 is 1.77 bits per heavy atom. The molecule has 1 rings (SSSR count). The first kappa shape index (κ1) is 23.4. The highest BCUT2D eigenvalue weighted by molar-refractivity contribution is 8.10. The fraction of sp³-hybridized carbons (Fsp3) is 0.600. The number of rotatable bonds is 8. The van der Waals surface area contributed by atoms with Gasteiger partial charge >= 0.3 is 0 Å². The van der Waals surface area contributed by atoms with E-state index in [9.17, 15) is 30.4 Å². The lowest BCUT2D eigenvalue weighted by atomic mass is 10.0. The van der Waals surface area contributed by atoms with E-state index in [1.807, 2.05) is 0 Å². The minimum atomic E-state index is -4.84. The van der Waals surface area contributed by atoms with Crippen molar-refractivity contribution in [3.05, 3.63) is 37.0 Å². The lowest BCUT2D eigenvalue weighted by Crippen LogP contribution is -2.53. The molecule has 1 N–H and O–H groups in total. The average molecular weight is 447 g/mol. The zero-order valence-electron chi connectivity index (χ0n) is 14.7. The summed E-state index contributed by atoms with van der Waals surface area (Å²) < 4.78 is 70.3. The molecular formula is C15H23ClO7S3. The second-order valence-electron chi connectivity index (χ2n) is 6.33. The minimum Gasteiger partial charge on any atom is -0.374 e. The molecule has 0 spiro atoms. The van der Waals surface area contributed by atoms with Crippen molar-refractivity contribution in [3.8, 4) is 0 Å². The summed E-state index contributed by atoms with van der Waals surface area (Å²) in [4.78, 5) is -2.84. The van der Waals surface area contributed by atoms with Crippen molar-refractivity contribution in [1.29, 1.82) is 0 Å². The van der Waals surface area contributed by atoms with Gasteiger partial charge in [0.25, 0.3) is 0 Å². The first-order valence-corrected chi connectivity index (χ1v) is 12.8. The van der Waals surface area contributed by atoms with Crippen LogP contribution in [-0.2, 0) is 29.5 Å². The number of allylic oxidation sites excluding steroid dienone is 3. The molecule has 0 aromatic rings. The third-order valence-corrected chi connectivity index (χ3v) is 13.5. The van der Waals surface area contributed by atoms with Crippen LogP contribution in [0.3, 0.4) is 0 Å². The van der Waals surface area contributed by atoms with E-state index in [0.29, 0.717) is 0 Å². The van der Waals surface area contributed by atoms with Crippen LogP contribution >= 0.6 is 11.6 Å². The lowest BCUT2D eigenvalue weighted by Gasteiger charge is -2.33. The molecule has 0 fully saturated rings. The fourth-order valence-corrected chi connectivity index (χ4v) is 9.47. The zero-order valence-corrected chi connectivity index (χ0v) is 17.9. The monoisotopic (exact) mass is 446 g/mol. The summed E-state index contributed by atoms with van der Waals surface area (Å²) in [7, 11) is -13.4. The molecule has 0 heterocycles. The van der Waals surface area contributed by atoms with Gasteiger partial charge in [-0.3, -0.25) is 0 Å². The van der Waals surface area contributed by atoms with Crippen LogP contribution in [0.4, 0.5) is 0 Å². The summed E-state index contributed by atoms with van der Waals surface area (Å²) in [5.74, 6) is -1.22. The molecule has 4 atom stereocenters. The SMILES string of the molecule is C=CC1(S(=O)(=O)C(C)S(=O)(=O)C(C)(O)CS(=O)(=O)C(C)Cl)C=CC=CC1. The highest BCUT2D eigenvalue weighted by Crippen LogP contribution is 2.36. The third-order valence-electron chi connectivity index (χ3n) is 4.39. The summed E-state index contributed by atoms with van der Waals surface area (Å²) in [5.41, 5.74) is 0.